The fourth-order valence-electron chi connectivity index (χ4n) is 4.07. The highest BCUT2D eigenvalue weighted by Gasteiger charge is 2.26. The zero-order valence-corrected chi connectivity index (χ0v) is 21.2. The average molecular weight is 511 g/mol. The van der Waals surface area contributed by atoms with Crippen molar-refractivity contribution >= 4 is 40.2 Å². The Hall–Kier alpha value is -3.92. The summed E-state index contributed by atoms with van der Waals surface area (Å²) in [6.45, 7) is 5.08. The number of carboxylic acid groups (broad SMARTS) is 1. The molecule has 0 spiro atoms. The monoisotopic (exact) mass is 510 g/mol. The Labute approximate surface area is 211 Å². The van der Waals surface area contributed by atoms with Crippen molar-refractivity contribution in [3.63, 3.8) is 0 Å². The molecule has 0 saturated carbocycles. The molecule has 0 fully saturated rings. The van der Waals surface area contributed by atoms with Gasteiger partial charge in [-0.25, -0.2) is 19.1 Å². The topological polar surface area (TPSA) is 124 Å². The molecule has 2 aromatic carbocycles. The van der Waals surface area contributed by atoms with Gasteiger partial charge >= 0.3 is 17.3 Å². The number of hydrogen-bond donors (Lipinski definition) is 2. The Kier molecular flexibility index (Phi) is 6.98. The highest BCUT2D eigenvalue weighted by atomic mass is 35.5. The Morgan fingerprint density at radius 2 is 1.81 bits per heavy atom. The zero-order chi connectivity index (χ0) is 26.1. The lowest BCUT2D eigenvalue weighted by atomic mass is 10.0. The number of nitrogens with one attached hydrogen (secondary N) is 1. The van der Waals surface area contributed by atoms with Crippen molar-refractivity contribution in [2.75, 3.05) is 5.32 Å². The molecular formula is C25H27ClN6O4. The van der Waals surface area contributed by atoms with Crippen LogP contribution in [-0.4, -0.2) is 34.7 Å². The minimum absolute atomic E-state index is 0.0392. The van der Waals surface area contributed by atoms with E-state index in [4.69, 9.17) is 11.6 Å². The average Bonchev–Trinajstić information content (AvgIpc) is 3.16. The van der Waals surface area contributed by atoms with Crippen LogP contribution in [0, 0.1) is 5.92 Å². The molecule has 0 unspecified atom stereocenters. The van der Waals surface area contributed by atoms with E-state index in [-0.39, 0.29) is 12.5 Å². The molecule has 0 aliphatic heterocycles. The van der Waals surface area contributed by atoms with Crippen LogP contribution in [0.4, 0.5) is 11.6 Å². The zero-order valence-electron chi connectivity index (χ0n) is 20.4. The summed E-state index contributed by atoms with van der Waals surface area (Å²) < 4.78 is 4.21. The first-order chi connectivity index (χ1) is 17.1. The van der Waals surface area contributed by atoms with Crippen molar-refractivity contribution in [3.8, 4) is 0 Å². The second kappa shape index (κ2) is 9.98. The molecule has 36 heavy (non-hydrogen) atoms. The quantitative estimate of drug-likeness (QED) is 0.371. The molecule has 2 heterocycles. The lowest BCUT2D eigenvalue weighted by Crippen LogP contribution is -2.46. The standard InChI is InChI=1S/C25H27ClN6O4/c1-5-21-28-19-12-18(10-11-20(19)30(21)4)27-23-29-24(35)32(15(3)14(2)22(33)34)25(36)31(23)13-16-6-8-17(26)9-7-16/h6-12,14-15H,5,13H2,1-4H3,(H,33,34)(H,27,29,35)/t14-,15+/m1/s1. The van der Waals surface area contributed by atoms with Crippen LogP contribution in [0.2, 0.25) is 5.02 Å². The van der Waals surface area contributed by atoms with Gasteiger partial charge < -0.3 is 15.0 Å². The summed E-state index contributed by atoms with van der Waals surface area (Å²) in [6.07, 6.45) is 0.779. The van der Waals surface area contributed by atoms with E-state index in [1.165, 1.54) is 18.4 Å². The van der Waals surface area contributed by atoms with Crippen LogP contribution in [0.3, 0.4) is 0 Å². The van der Waals surface area contributed by atoms with Gasteiger partial charge in [0.15, 0.2) is 0 Å². The number of rotatable bonds is 8. The third-order valence-corrected chi connectivity index (χ3v) is 6.67. The van der Waals surface area contributed by atoms with Gasteiger partial charge in [-0.15, -0.1) is 0 Å². The molecule has 0 aliphatic carbocycles. The van der Waals surface area contributed by atoms with Gasteiger partial charge in [-0.05, 0) is 49.7 Å². The molecule has 10 nitrogen and oxygen atoms in total. The van der Waals surface area contributed by atoms with Crippen LogP contribution >= 0.6 is 11.6 Å². The third kappa shape index (κ3) is 4.76. The van der Waals surface area contributed by atoms with Gasteiger partial charge in [0.25, 0.3) is 0 Å². The summed E-state index contributed by atoms with van der Waals surface area (Å²) in [7, 11) is 1.95. The highest BCUT2D eigenvalue weighted by Crippen LogP contribution is 2.23. The largest absolute Gasteiger partial charge is 0.481 e. The van der Waals surface area contributed by atoms with E-state index < -0.39 is 29.3 Å². The van der Waals surface area contributed by atoms with Gasteiger partial charge in [0.2, 0.25) is 5.95 Å². The smallest absolute Gasteiger partial charge is 0.355 e. The number of halogens is 1. The number of fused-ring (bicyclic) bond motifs is 1. The Bertz CT molecular complexity index is 1550. The van der Waals surface area contributed by atoms with Crippen molar-refractivity contribution in [3.05, 3.63) is 79.8 Å². The van der Waals surface area contributed by atoms with E-state index in [0.29, 0.717) is 10.7 Å². The summed E-state index contributed by atoms with van der Waals surface area (Å²) in [6, 6.07) is 11.6. The number of carboxylic acids is 1. The van der Waals surface area contributed by atoms with E-state index in [1.807, 2.05) is 36.7 Å². The number of hydrogen-bond acceptors (Lipinski definition) is 6. The van der Waals surface area contributed by atoms with Crippen molar-refractivity contribution in [2.24, 2.45) is 13.0 Å². The Morgan fingerprint density at radius 1 is 1.11 bits per heavy atom. The number of nitrogens with zero attached hydrogens (tertiary/aromatic N) is 5. The van der Waals surface area contributed by atoms with Crippen LogP contribution in [0.5, 0.6) is 0 Å². The maximum atomic E-state index is 13.6. The van der Waals surface area contributed by atoms with Crippen LogP contribution in [0.25, 0.3) is 11.0 Å². The molecule has 0 aliphatic rings. The summed E-state index contributed by atoms with van der Waals surface area (Å²) in [5.74, 6) is -1.11. The van der Waals surface area contributed by atoms with Gasteiger partial charge in [-0.3, -0.25) is 9.36 Å². The lowest BCUT2D eigenvalue weighted by Gasteiger charge is -2.21. The highest BCUT2D eigenvalue weighted by molar-refractivity contribution is 6.30. The summed E-state index contributed by atoms with van der Waals surface area (Å²) in [5.41, 5.74) is 1.58. The molecule has 2 aromatic heterocycles. The first kappa shape index (κ1) is 25.2. The minimum atomic E-state index is -1.12. The minimum Gasteiger partial charge on any atom is -0.481 e. The second-order valence-corrected chi connectivity index (χ2v) is 9.16. The number of aliphatic carboxylic acids is 1. The SMILES string of the molecule is CCc1nc2cc(Nc3nc(=O)n([C@@H](C)[C@@H](C)C(=O)O)c(=O)n3Cc3ccc(Cl)cc3)ccc2n1C. The second-order valence-electron chi connectivity index (χ2n) is 8.72. The molecule has 0 bridgehead atoms. The van der Waals surface area contributed by atoms with Crippen molar-refractivity contribution in [1.82, 2.24) is 23.7 Å². The molecule has 2 atom stereocenters. The fourth-order valence-corrected chi connectivity index (χ4v) is 4.19. The van der Waals surface area contributed by atoms with E-state index >= 15 is 0 Å². The molecule has 0 amide bonds. The first-order valence-corrected chi connectivity index (χ1v) is 11.9. The molecule has 4 aromatic rings. The maximum Gasteiger partial charge on any atom is 0.355 e. The Morgan fingerprint density at radius 3 is 2.44 bits per heavy atom. The predicted molar refractivity (Wildman–Crippen MR) is 138 cm³/mol. The number of aryl methyl sites for hydroxylation is 2. The number of imidazole rings is 1. The molecule has 188 valence electrons. The van der Waals surface area contributed by atoms with E-state index in [1.54, 1.807) is 24.3 Å². The van der Waals surface area contributed by atoms with Gasteiger partial charge in [-0.1, -0.05) is 30.7 Å². The molecule has 4 rings (SSSR count). The first-order valence-electron chi connectivity index (χ1n) is 11.5. The van der Waals surface area contributed by atoms with E-state index in [2.05, 4.69) is 15.3 Å². The van der Waals surface area contributed by atoms with Gasteiger partial charge in [0.1, 0.15) is 5.82 Å². The maximum absolute atomic E-state index is 13.6. The lowest BCUT2D eigenvalue weighted by molar-refractivity contribution is -0.142. The number of carbonyl (C=O) groups is 1. The molecule has 0 saturated heterocycles. The summed E-state index contributed by atoms with van der Waals surface area (Å²) >= 11 is 6.01. The van der Waals surface area contributed by atoms with Crippen LogP contribution in [0.15, 0.2) is 52.1 Å². The predicted octanol–water partition coefficient (Wildman–Crippen LogP) is 3.58. The van der Waals surface area contributed by atoms with Crippen LogP contribution < -0.4 is 16.7 Å². The van der Waals surface area contributed by atoms with Gasteiger partial charge in [-0.2, -0.15) is 4.98 Å². The molecule has 11 heteroatoms. The summed E-state index contributed by atoms with van der Waals surface area (Å²) in [5, 5.41) is 13.1. The van der Waals surface area contributed by atoms with Gasteiger partial charge in [0.05, 0.1) is 29.5 Å². The molecule has 0 radical (unpaired) electrons. The molecule has 2 N–H and O–H groups in total. The van der Waals surface area contributed by atoms with Crippen molar-refractivity contribution < 1.29 is 9.90 Å². The van der Waals surface area contributed by atoms with E-state index in [9.17, 15) is 19.5 Å². The number of benzene rings is 2. The molecular weight excluding hydrogens is 484 g/mol. The third-order valence-electron chi connectivity index (χ3n) is 6.42. The fraction of sp³-hybridized carbons (Fsp3) is 0.320. The summed E-state index contributed by atoms with van der Waals surface area (Å²) in [4.78, 5) is 46.8. The number of aromatic nitrogens is 5. The van der Waals surface area contributed by atoms with Crippen molar-refractivity contribution in [2.45, 2.75) is 39.8 Å². The van der Waals surface area contributed by atoms with Crippen molar-refractivity contribution in [1.29, 1.82) is 0 Å². The van der Waals surface area contributed by atoms with E-state index in [0.717, 1.165) is 33.4 Å². The van der Waals surface area contributed by atoms with Gasteiger partial charge in [0, 0.05) is 24.2 Å². The van der Waals surface area contributed by atoms with Crippen LogP contribution in [0.1, 0.15) is 38.2 Å². The Balaban J connectivity index is 1.83. The normalized spacial score (nSPS) is 13.0. The number of anilines is 2. The van der Waals surface area contributed by atoms with Crippen LogP contribution in [-0.2, 0) is 24.8 Å².